The first-order valence-corrected chi connectivity index (χ1v) is 5.76. The highest BCUT2D eigenvalue weighted by molar-refractivity contribution is 5.36. The van der Waals surface area contributed by atoms with Crippen LogP contribution in [0.25, 0.3) is 0 Å². The van der Waals surface area contributed by atoms with Crippen LogP contribution >= 0.6 is 0 Å². The number of aryl methyl sites for hydroxylation is 1. The molecule has 2 rings (SSSR count). The fraction of sp³-hybridized carbons (Fsp3) is 0.538. The van der Waals surface area contributed by atoms with E-state index in [9.17, 15) is 10.2 Å². The van der Waals surface area contributed by atoms with Crippen LogP contribution in [-0.2, 0) is 6.61 Å². The van der Waals surface area contributed by atoms with Gasteiger partial charge >= 0.3 is 0 Å². The van der Waals surface area contributed by atoms with Crippen LogP contribution in [0, 0.1) is 6.92 Å². The minimum Gasteiger partial charge on any atom is -0.487 e. The summed E-state index contributed by atoms with van der Waals surface area (Å²) in [6.45, 7) is 1.95. The van der Waals surface area contributed by atoms with Gasteiger partial charge in [0.15, 0.2) is 0 Å². The van der Waals surface area contributed by atoms with E-state index in [-0.39, 0.29) is 18.8 Å². The molecule has 0 aliphatic heterocycles. The van der Waals surface area contributed by atoms with E-state index in [1.165, 1.54) is 0 Å². The molecule has 0 spiro atoms. The van der Waals surface area contributed by atoms with Gasteiger partial charge in [0.1, 0.15) is 11.9 Å². The monoisotopic (exact) mass is 222 g/mol. The van der Waals surface area contributed by atoms with Gasteiger partial charge in [0.25, 0.3) is 0 Å². The fourth-order valence-electron chi connectivity index (χ4n) is 2.15. The van der Waals surface area contributed by atoms with Crippen molar-refractivity contribution in [2.75, 3.05) is 0 Å². The molecule has 16 heavy (non-hydrogen) atoms. The normalized spacial score (nSPS) is 24.7. The van der Waals surface area contributed by atoms with Gasteiger partial charge in [-0.3, -0.25) is 0 Å². The molecule has 2 atom stereocenters. The van der Waals surface area contributed by atoms with E-state index < -0.39 is 0 Å². The molecule has 1 aliphatic rings. The third-order valence-electron chi connectivity index (χ3n) is 3.08. The summed E-state index contributed by atoms with van der Waals surface area (Å²) in [5.41, 5.74) is 1.89. The minimum absolute atomic E-state index is 0.0279. The van der Waals surface area contributed by atoms with Gasteiger partial charge in [0, 0.05) is 5.56 Å². The quantitative estimate of drug-likeness (QED) is 0.819. The van der Waals surface area contributed by atoms with Crippen molar-refractivity contribution in [2.24, 2.45) is 0 Å². The van der Waals surface area contributed by atoms with Crippen molar-refractivity contribution >= 4 is 0 Å². The average molecular weight is 222 g/mol. The SMILES string of the molecule is Cc1ccc(OC2CCCC2O)c(CO)c1. The minimum atomic E-state index is -0.368. The van der Waals surface area contributed by atoms with Gasteiger partial charge in [-0.25, -0.2) is 0 Å². The Bertz CT molecular complexity index is 362. The van der Waals surface area contributed by atoms with Crippen molar-refractivity contribution in [3.05, 3.63) is 29.3 Å². The Kier molecular flexibility index (Phi) is 3.46. The second kappa shape index (κ2) is 4.85. The van der Waals surface area contributed by atoms with Gasteiger partial charge in [-0.1, -0.05) is 17.7 Å². The summed E-state index contributed by atoms with van der Waals surface area (Å²) >= 11 is 0. The predicted molar refractivity (Wildman–Crippen MR) is 61.4 cm³/mol. The Balaban J connectivity index is 2.14. The van der Waals surface area contributed by atoms with Crippen LogP contribution in [0.2, 0.25) is 0 Å². The molecule has 3 nitrogen and oxygen atoms in total. The Morgan fingerprint density at radius 1 is 1.38 bits per heavy atom. The molecule has 1 fully saturated rings. The molecule has 0 radical (unpaired) electrons. The van der Waals surface area contributed by atoms with Gasteiger partial charge in [0.2, 0.25) is 0 Å². The highest BCUT2D eigenvalue weighted by atomic mass is 16.5. The van der Waals surface area contributed by atoms with E-state index in [0.717, 1.165) is 30.4 Å². The summed E-state index contributed by atoms with van der Waals surface area (Å²) < 4.78 is 5.75. The van der Waals surface area contributed by atoms with Gasteiger partial charge in [-0.2, -0.15) is 0 Å². The lowest BCUT2D eigenvalue weighted by Crippen LogP contribution is -2.26. The van der Waals surface area contributed by atoms with E-state index in [4.69, 9.17) is 4.74 Å². The third kappa shape index (κ3) is 2.36. The van der Waals surface area contributed by atoms with Crippen LogP contribution in [0.15, 0.2) is 18.2 Å². The molecule has 0 aromatic heterocycles. The molecule has 3 heteroatoms. The van der Waals surface area contributed by atoms with Crippen molar-refractivity contribution < 1.29 is 14.9 Å². The third-order valence-corrected chi connectivity index (χ3v) is 3.08. The van der Waals surface area contributed by atoms with E-state index in [0.29, 0.717) is 5.75 Å². The number of hydrogen-bond acceptors (Lipinski definition) is 3. The average Bonchev–Trinajstić information content (AvgIpc) is 2.67. The van der Waals surface area contributed by atoms with Crippen LogP contribution in [0.1, 0.15) is 30.4 Å². The van der Waals surface area contributed by atoms with Crippen molar-refractivity contribution in [1.29, 1.82) is 0 Å². The van der Waals surface area contributed by atoms with Crippen LogP contribution in [0.3, 0.4) is 0 Å². The maximum absolute atomic E-state index is 9.68. The summed E-state index contributed by atoms with van der Waals surface area (Å²) in [6, 6.07) is 5.73. The lowest BCUT2D eigenvalue weighted by molar-refractivity contribution is 0.0589. The first-order chi connectivity index (χ1) is 7.70. The molecule has 1 saturated carbocycles. The van der Waals surface area contributed by atoms with Gasteiger partial charge in [0.05, 0.1) is 12.7 Å². The summed E-state index contributed by atoms with van der Waals surface area (Å²) in [5.74, 6) is 0.694. The molecular weight excluding hydrogens is 204 g/mol. The first-order valence-electron chi connectivity index (χ1n) is 5.76. The molecule has 0 heterocycles. The topological polar surface area (TPSA) is 49.7 Å². The Hall–Kier alpha value is -1.06. The molecule has 0 bridgehead atoms. The largest absolute Gasteiger partial charge is 0.487 e. The molecule has 1 aromatic rings. The molecular formula is C13H18O3. The number of benzene rings is 1. The molecule has 0 amide bonds. The standard InChI is InChI=1S/C13H18O3/c1-9-5-6-12(10(7-9)8-14)16-13-4-2-3-11(13)15/h5-7,11,13-15H,2-4,8H2,1H3. The smallest absolute Gasteiger partial charge is 0.125 e. The Morgan fingerprint density at radius 3 is 2.81 bits per heavy atom. The Morgan fingerprint density at radius 2 is 2.19 bits per heavy atom. The van der Waals surface area contributed by atoms with Gasteiger partial charge < -0.3 is 14.9 Å². The van der Waals surface area contributed by atoms with Gasteiger partial charge in [-0.15, -0.1) is 0 Å². The summed E-state index contributed by atoms with van der Waals surface area (Å²) in [4.78, 5) is 0. The highest BCUT2D eigenvalue weighted by Gasteiger charge is 2.27. The lowest BCUT2D eigenvalue weighted by atomic mass is 10.1. The summed E-state index contributed by atoms with van der Waals surface area (Å²) in [5, 5.41) is 18.9. The first kappa shape index (κ1) is 11.4. The van der Waals surface area contributed by atoms with Crippen molar-refractivity contribution in [3.8, 4) is 5.75 Å². The van der Waals surface area contributed by atoms with E-state index in [1.54, 1.807) is 0 Å². The zero-order chi connectivity index (χ0) is 11.5. The number of hydrogen-bond donors (Lipinski definition) is 2. The number of ether oxygens (including phenoxy) is 1. The fourth-order valence-corrected chi connectivity index (χ4v) is 2.15. The molecule has 0 saturated heterocycles. The molecule has 1 aliphatic carbocycles. The molecule has 2 N–H and O–H groups in total. The van der Waals surface area contributed by atoms with Gasteiger partial charge in [-0.05, 0) is 32.3 Å². The lowest BCUT2D eigenvalue weighted by Gasteiger charge is -2.19. The predicted octanol–water partition coefficient (Wildman–Crippen LogP) is 1.78. The number of rotatable bonds is 3. The maximum atomic E-state index is 9.68. The second-order valence-corrected chi connectivity index (χ2v) is 4.42. The Labute approximate surface area is 95.7 Å². The zero-order valence-electron chi connectivity index (χ0n) is 9.52. The van der Waals surface area contributed by atoms with Crippen LogP contribution in [-0.4, -0.2) is 22.4 Å². The highest BCUT2D eigenvalue weighted by Crippen LogP contribution is 2.27. The van der Waals surface area contributed by atoms with Crippen LogP contribution in [0.4, 0.5) is 0 Å². The van der Waals surface area contributed by atoms with E-state index in [2.05, 4.69) is 0 Å². The molecule has 2 unspecified atom stereocenters. The van der Waals surface area contributed by atoms with Crippen LogP contribution < -0.4 is 4.74 Å². The molecule has 1 aromatic carbocycles. The molecule has 88 valence electrons. The van der Waals surface area contributed by atoms with Crippen molar-refractivity contribution in [3.63, 3.8) is 0 Å². The van der Waals surface area contributed by atoms with Crippen molar-refractivity contribution in [1.82, 2.24) is 0 Å². The number of aliphatic hydroxyl groups excluding tert-OH is 2. The van der Waals surface area contributed by atoms with E-state index in [1.807, 2.05) is 25.1 Å². The zero-order valence-corrected chi connectivity index (χ0v) is 9.52. The number of aliphatic hydroxyl groups is 2. The van der Waals surface area contributed by atoms with Crippen molar-refractivity contribution in [2.45, 2.75) is 45.0 Å². The van der Waals surface area contributed by atoms with E-state index >= 15 is 0 Å². The second-order valence-electron chi connectivity index (χ2n) is 4.42. The summed E-state index contributed by atoms with van der Waals surface area (Å²) in [7, 11) is 0. The van der Waals surface area contributed by atoms with Crippen LogP contribution in [0.5, 0.6) is 5.75 Å². The summed E-state index contributed by atoms with van der Waals surface area (Å²) in [6.07, 6.45) is 2.22. The maximum Gasteiger partial charge on any atom is 0.125 e.